The van der Waals surface area contributed by atoms with Crippen LogP contribution in [0, 0.1) is 0 Å². The third-order valence-electron chi connectivity index (χ3n) is 4.87. The number of hydrogen-bond acceptors (Lipinski definition) is 6. The van der Waals surface area contributed by atoms with E-state index in [0.717, 1.165) is 19.3 Å². The van der Waals surface area contributed by atoms with Gasteiger partial charge in [-0.3, -0.25) is 4.55 Å². The normalized spacial score (nSPS) is 12.9. The smallest absolute Gasteiger partial charge is 0.545 e. The Balaban J connectivity index is -0.00000364. The van der Waals surface area contributed by atoms with Crippen LogP contribution in [0.2, 0.25) is 0 Å². The van der Waals surface area contributed by atoms with Gasteiger partial charge in [0, 0.05) is 5.57 Å². The van der Waals surface area contributed by atoms with Gasteiger partial charge < -0.3 is 19.8 Å². The first-order valence-corrected chi connectivity index (χ1v) is 11.8. The summed E-state index contributed by atoms with van der Waals surface area (Å²) in [6, 6.07) is 0. The fourth-order valence-corrected chi connectivity index (χ4v) is 4.28. The monoisotopic (exact) mass is 464 g/mol. The molecule has 1 atom stereocenters. The van der Waals surface area contributed by atoms with Crippen molar-refractivity contribution >= 4 is 22.1 Å². The van der Waals surface area contributed by atoms with E-state index in [1.54, 1.807) is 0 Å². The van der Waals surface area contributed by atoms with Gasteiger partial charge in [0.1, 0.15) is 5.25 Å². The Morgan fingerprint density at radius 3 is 1.47 bits per heavy atom. The topological polar surface area (TPSA) is 135 Å². The van der Waals surface area contributed by atoms with E-state index in [0.29, 0.717) is 12.8 Å². The average Bonchev–Trinajstić information content (AvgIpc) is 2.59. The first kappa shape index (κ1) is 35.2. The second-order valence-electron chi connectivity index (χ2n) is 7.16. The Hall–Kier alpha value is 0.590. The summed E-state index contributed by atoms with van der Waals surface area (Å²) in [5.41, 5.74) is -1.52. The summed E-state index contributed by atoms with van der Waals surface area (Å²) in [7, 11) is -4.76. The van der Waals surface area contributed by atoms with E-state index < -0.39 is 38.5 Å². The average molecular weight is 465 g/mol. The number of hydrogen-bond donors (Lipinski definition) is 1. The third-order valence-corrected chi connectivity index (χ3v) is 6.16. The maximum Gasteiger partial charge on any atom is 1.00 e. The quantitative estimate of drug-likeness (QED) is 0.101. The molecular formula is C20H34Na2O7S. The van der Waals surface area contributed by atoms with Gasteiger partial charge in [0.05, 0.1) is 11.9 Å². The van der Waals surface area contributed by atoms with Crippen molar-refractivity contribution in [3.8, 4) is 0 Å². The molecule has 0 aliphatic carbocycles. The SMILES string of the molecule is CCCCCCCCCCCCC/C(C(=O)[O-])=C(/C(=O)[O-])C(CC)S(=O)(=O)O.[Na+].[Na+]. The van der Waals surface area contributed by atoms with E-state index in [-0.39, 0.29) is 72.0 Å². The summed E-state index contributed by atoms with van der Waals surface area (Å²) in [6.45, 7) is 3.53. The molecule has 10 heteroatoms. The fraction of sp³-hybridized carbons (Fsp3) is 0.800. The summed E-state index contributed by atoms with van der Waals surface area (Å²) in [5.74, 6) is -3.65. The van der Waals surface area contributed by atoms with Crippen LogP contribution in [-0.4, -0.2) is 30.2 Å². The molecule has 0 saturated carbocycles. The maximum absolute atomic E-state index is 11.4. The Morgan fingerprint density at radius 1 is 0.767 bits per heavy atom. The van der Waals surface area contributed by atoms with Crippen molar-refractivity contribution < 1.29 is 91.9 Å². The zero-order valence-electron chi connectivity index (χ0n) is 19.1. The van der Waals surface area contributed by atoms with Gasteiger partial charge >= 0.3 is 59.1 Å². The van der Waals surface area contributed by atoms with E-state index in [4.69, 9.17) is 0 Å². The molecule has 164 valence electrons. The predicted octanol–water partition coefficient (Wildman–Crippen LogP) is -3.84. The van der Waals surface area contributed by atoms with E-state index in [1.807, 2.05) is 0 Å². The molecule has 0 saturated heterocycles. The Bertz CT molecular complexity index is 619. The molecule has 0 aromatic rings. The summed E-state index contributed by atoms with van der Waals surface area (Å²) in [6.07, 6.45) is 11.2. The minimum atomic E-state index is -4.76. The number of carboxylic acid groups (broad SMARTS) is 2. The number of carbonyl (C=O) groups is 2. The van der Waals surface area contributed by atoms with Crippen LogP contribution in [0.5, 0.6) is 0 Å². The first-order valence-electron chi connectivity index (χ1n) is 10.3. The van der Waals surface area contributed by atoms with Crippen LogP contribution in [0.15, 0.2) is 11.1 Å². The van der Waals surface area contributed by atoms with Crippen molar-refractivity contribution in [1.29, 1.82) is 0 Å². The summed E-state index contributed by atoms with van der Waals surface area (Å²) >= 11 is 0. The summed E-state index contributed by atoms with van der Waals surface area (Å²) in [4.78, 5) is 22.7. The van der Waals surface area contributed by atoms with Gasteiger partial charge in [-0.05, 0) is 24.8 Å². The van der Waals surface area contributed by atoms with Crippen LogP contribution in [-0.2, 0) is 19.7 Å². The van der Waals surface area contributed by atoms with Crippen LogP contribution >= 0.6 is 0 Å². The molecule has 0 fully saturated rings. The first-order chi connectivity index (χ1) is 13.2. The zero-order chi connectivity index (χ0) is 21.6. The summed E-state index contributed by atoms with van der Waals surface area (Å²) in [5, 5.41) is 20.9. The third kappa shape index (κ3) is 15.4. The Kier molecular flexibility index (Phi) is 23.7. The molecule has 0 heterocycles. The zero-order valence-corrected chi connectivity index (χ0v) is 23.9. The van der Waals surface area contributed by atoms with Crippen LogP contribution in [0.4, 0.5) is 0 Å². The second kappa shape index (κ2) is 20.2. The minimum Gasteiger partial charge on any atom is -0.545 e. The Morgan fingerprint density at radius 2 is 1.17 bits per heavy atom. The number of unbranched alkanes of at least 4 members (excludes halogenated alkanes) is 10. The molecule has 0 radical (unpaired) electrons. The fourth-order valence-electron chi connectivity index (χ4n) is 3.33. The molecule has 0 amide bonds. The summed E-state index contributed by atoms with van der Waals surface area (Å²) < 4.78 is 32.0. The molecule has 1 unspecified atom stereocenters. The van der Waals surface area contributed by atoms with Gasteiger partial charge in [-0.1, -0.05) is 78.1 Å². The second-order valence-corrected chi connectivity index (χ2v) is 8.76. The van der Waals surface area contributed by atoms with Crippen molar-refractivity contribution in [2.75, 3.05) is 0 Å². The Labute approximate surface area is 225 Å². The molecule has 30 heavy (non-hydrogen) atoms. The molecule has 0 aliphatic rings. The molecule has 0 aliphatic heterocycles. The molecule has 0 aromatic heterocycles. The van der Waals surface area contributed by atoms with Gasteiger partial charge in [-0.25, -0.2) is 0 Å². The van der Waals surface area contributed by atoms with Crippen molar-refractivity contribution in [1.82, 2.24) is 0 Å². The van der Waals surface area contributed by atoms with Crippen LogP contribution in [0.25, 0.3) is 0 Å². The molecular weight excluding hydrogens is 430 g/mol. The van der Waals surface area contributed by atoms with Gasteiger partial charge in [0.2, 0.25) is 0 Å². The predicted molar refractivity (Wildman–Crippen MR) is 104 cm³/mol. The molecule has 0 rings (SSSR count). The van der Waals surface area contributed by atoms with Gasteiger partial charge in [0.15, 0.2) is 0 Å². The minimum absolute atomic E-state index is 0. The number of carbonyl (C=O) groups excluding carboxylic acids is 2. The standard InChI is InChI=1S/C20H36O7S.2Na/c1-3-5-6-7-8-9-10-11-12-13-14-15-16(19(21)22)18(20(23)24)17(4-2)28(25,26)27;;/h17H,3-15H2,1-2H3,(H,21,22)(H,23,24)(H,25,26,27);;/q;2*+1/p-2/b18-16-;;. The van der Waals surface area contributed by atoms with Crippen LogP contribution in [0.3, 0.4) is 0 Å². The van der Waals surface area contributed by atoms with E-state index in [1.165, 1.54) is 45.4 Å². The van der Waals surface area contributed by atoms with Crippen molar-refractivity contribution in [2.24, 2.45) is 0 Å². The van der Waals surface area contributed by atoms with Gasteiger partial charge in [-0.15, -0.1) is 0 Å². The largest absolute Gasteiger partial charge is 1.00 e. The molecule has 0 bridgehead atoms. The van der Waals surface area contributed by atoms with E-state index in [2.05, 4.69) is 6.92 Å². The van der Waals surface area contributed by atoms with Crippen LogP contribution < -0.4 is 69.3 Å². The number of carboxylic acids is 2. The van der Waals surface area contributed by atoms with Crippen molar-refractivity contribution in [3.05, 3.63) is 11.1 Å². The maximum atomic E-state index is 11.4. The van der Waals surface area contributed by atoms with Crippen molar-refractivity contribution in [3.63, 3.8) is 0 Å². The molecule has 0 spiro atoms. The molecule has 7 nitrogen and oxygen atoms in total. The van der Waals surface area contributed by atoms with Gasteiger partial charge in [-0.2, -0.15) is 8.42 Å². The van der Waals surface area contributed by atoms with Crippen LogP contribution in [0.1, 0.15) is 97.3 Å². The number of aliphatic carboxylic acids is 2. The number of rotatable bonds is 17. The molecule has 0 aromatic carbocycles. The van der Waals surface area contributed by atoms with Gasteiger partial charge in [0.25, 0.3) is 10.1 Å². The van der Waals surface area contributed by atoms with Crippen molar-refractivity contribution in [2.45, 2.75) is 103 Å². The van der Waals surface area contributed by atoms with E-state index >= 15 is 0 Å². The molecule has 1 N–H and O–H groups in total. The van der Waals surface area contributed by atoms with E-state index in [9.17, 15) is 32.8 Å².